The molecule has 1 aromatic heterocycles. The van der Waals surface area contributed by atoms with Gasteiger partial charge in [-0.2, -0.15) is 0 Å². The third-order valence-electron chi connectivity index (χ3n) is 3.37. The number of benzene rings is 1. The molecule has 1 amide bonds. The predicted molar refractivity (Wildman–Crippen MR) is 93.4 cm³/mol. The van der Waals surface area contributed by atoms with E-state index in [2.05, 4.69) is 9.97 Å². The molecule has 0 saturated heterocycles. The maximum absolute atomic E-state index is 12.7. The first-order chi connectivity index (χ1) is 11.8. The molecule has 0 atom stereocenters. The molecule has 1 aromatic carbocycles. The smallest absolute Gasteiger partial charge is 0.341 e. The molecule has 1 N–H and O–H groups in total. The number of amides is 1. The van der Waals surface area contributed by atoms with Crippen LogP contribution in [-0.2, 0) is 4.79 Å². The number of carboxylic acid groups (broad SMARTS) is 1. The quantitative estimate of drug-likeness (QED) is 0.848. The minimum Gasteiger partial charge on any atom is -0.482 e. The lowest BCUT2D eigenvalue weighted by molar-refractivity contribution is -0.139. The molecular weight excluding hydrogens is 346 g/mol. The van der Waals surface area contributed by atoms with Gasteiger partial charge >= 0.3 is 5.97 Å². The fourth-order valence-corrected chi connectivity index (χ4v) is 2.17. The van der Waals surface area contributed by atoms with Crippen molar-refractivity contribution in [2.45, 2.75) is 19.8 Å². The highest BCUT2D eigenvalue weighted by Gasteiger charge is 2.20. The Labute approximate surface area is 150 Å². The van der Waals surface area contributed by atoms with Crippen molar-refractivity contribution in [3.63, 3.8) is 0 Å². The average Bonchev–Trinajstić information content (AvgIpc) is 2.59. The predicted octanol–water partition coefficient (Wildman–Crippen LogP) is 2.99. The SMILES string of the molecule is CC(C)c1ncc(Cl)c(C(=O)N(C)c2ccc(OCC(=O)O)cc2)n1. The number of carbonyl (C=O) groups excluding carboxylic acids is 1. The van der Waals surface area contributed by atoms with Crippen LogP contribution in [0.25, 0.3) is 0 Å². The molecule has 2 aromatic rings. The third-order valence-corrected chi connectivity index (χ3v) is 3.65. The van der Waals surface area contributed by atoms with Crippen molar-refractivity contribution in [3.05, 3.63) is 47.0 Å². The maximum Gasteiger partial charge on any atom is 0.341 e. The van der Waals surface area contributed by atoms with Crippen molar-refractivity contribution < 1.29 is 19.4 Å². The number of aliphatic carboxylic acids is 1. The maximum atomic E-state index is 12.7. The molecule has 25 heavy (non-hydrogen) atoms. The van der Waals surface area contributed by atoms with Crippen molar-refractivity contribution in [1.82, 2.24) is 9.97 Å². The van der Waals surface area contributed by atoms with E-state index in [0.29, 0.717) is 17.3 Å². The molecule has 0 aliphatic carbocycles. The third kappa shape index (κ3) is 4.67. The summed E-state index contributed by atoms with van der Waals surface area (Å²) in [5.74, 6) is -0.420. The Morgan fingerprint density at radius 2 is 1.92 bits per heavy atom. The summed E-state index contributed by atoms with van der Waals surface area (Å²) in [7, 11) is 1.60. The second-order valence-electron chi connectivity index (χ2n) is 5.62. The van der Waals surface area contributed by atoms with Gasteiger partial charge in [0.05, 0.1) is 11.2 Å². The molecule has 0 radical (unpaired) electrons. The van der Waals surface area contributed by atoms with Gasteiger partial charge in [0.1, 0.15) is 11.6 Å². The fourth-order valence-electron chi connectivity index (χ4n) is 2.00. The molecule has 0 aliphatic heterocycles. The Balaban J connectivity index is 2.19. The number of anilines is 1. The van der Waals surface area contributed by atoms with Crippen LogP contribution in [0.15, 0.2) is 30.5 Å². The van der Waals surface area contributed by atoms with Crippen molar-refractivity contribution in [2.24, 2.45) is 0 Å². The number of hydrogen-bond acceptors (Lipinski definition) is 5. The zero-order valence-corrected chi connectivity index (χ0v) is 14.8. The first kappa shape index (κ1) is 18.7. The van der Waals surface area contributed by atoms with E-state index < -0.39 is 12.6 Å². The molecular formula is C17H18ClN3O4. The summed E-state index contributed by atoms with van der Waals surface area (Å²) in [5, 5.41) is 8.78. The second kappa shape index (κ2) is 7.94. The van der Waals surface area contributed by atoms with E-state index in [9.17, 15) is 9.59 Å². The van der Waals surface area contributed by atoms with Crippen LogP contribution in [0.1, 0.15) is 36.1 Å². The molecule has 0 bridgehead atoms. The van der Waals surface area contributed by atoms with Crippen molar-refractivity contribution >= 4 is 29.2 Å². The van der Waals surface area contributed by atoms with Gasteiger partial charge in [-0.3, -0.25) is 4.79 Å². The summed E-state index contributed by atoms with van der Waals surface area (Å²) in [5.41, 5.74) is 0.725. The Kier molecular flexibility index (Phi) is 5.93. The average molecular weight is 364 g/mol. The van der Waals surface area contributed by atoms with Crippen LogP contribution in [0.4, 0.5) is 5.69 Å². The standard InChI is InChI=1S/C17H18ClN3O4/c1-10(2)16-19-8-13(18)15(20-16)17(24)21(3)11-4-6-12(7-5-11)25-9-14(22)23/h4-8,10H,9H2,1-3H3,(H,22,23). The molecule has 0 saturated carbocycles. The van der Waals surface area contributed by atoms with E-state index in [-0.39, 0.29) is 22.5 Å². The van der Waals surface area contributed by atoms with Crippen LogP contribution in [0.5, 0.6) is 5.75 Å². The lowest BCUT2D eigenvalue weighted by atomic mass is 10.2. The van der Waals surface area contributed by atoms with Gasteiger partial charge in [0.2, 0.25) is 0 Å². The van der Waals surface area contributed by atoms with E-state index in [4.69, 9.17) is 21.4 Å². The first-order valence-electron chi connectivity index (χ1n) is 7.54. The van der Waals surface area contributed by atoms with Gasteiger partial charge < -0.3 is 14.7 Å². The van der Waals surface area contributed by atoms with Gasteiger partial charge in [-0.15, -0.1) is 0 Å². The highest BCUT2D eigenvalue weighted by molar-refractivity contribution is 6.34. The molecule has 0 aliphatic rings. The largest absolute Gasteiger partial charge is 0.482 e. The zero-order valence-electron chi connectivity index (χ0n) is 14.1. The number of hydrogen-bond donors (Lipinski definition) is 1. The van der Waals surface area contributed by atoms with Gasteiger partial charge in [-0.25, -0.2) is 14.8 Å². The molecule has 0 spiro atoms. The number of aromatic nitrogens is 2. The van der Waals surface area contributed by atoms with Gasteiger partial charge in [0, 0.05) is 18.7 Å². The Hall–Kier alpha value is -2.67. The molecule has 2 rings (SSSR count). The number of rotatable bonds is 6. The normalized spacial score (nSPS) is 10.6. The minimum atomic E-state index is -1.06. The molecule has 1 heterocycles. The summed E-state index contributed by atoms with van der Waals surface area (Å²) in [4.78, 5) is 33.0. The van der Waals surface area contributed by atoms with Crippen LogP contribution >= 0.6 is 11.6 Å². The molecule has 8 heteroatoms. The number of carbonyl (C=O) groups is 2. The van der Waals surface area contributed by atoms with E-state index >= 15 is 0 Å². The Morgan fingerprint density at radius 1 is 1.28 bits per heavy atom. The van der Waals surface area contributed by atoms with Crippen molar-refractivity contribution in [2.75, 3.05) is 18.6 Å². The zero-order chi connectivity index (χ0) is 18.6. The highest BCUT2D eigenvalue weighted by Crippen LogP contribution is 2.23. The van der Waals surface area contributed by atoms with Gasteiger partial charge in [-0.05, 0) is 24.3 Å². The summed E-state index contributed by atoms with van der Waals surface area (Å²) in [6, 6.07) is 6.47. The van der Waals surface area contributed by atoms with E-state index in [0.717, 1.165) is 0 Å². The number of ether oxygens (including phenoxy) is 1. The fraction of sp³-hybridized carbons (Fsp3) is 0.294. The van der Waals surface area contributed by atoms with Crippen LogP contribution in [0, 0.1) is 0 Å². The minimum absolute atomic E-state index is 0.0693. The summed E-state index contributed by atoms with van der Waals surface area (Å²) < 4.78 is 5.06. The van der Waals surface area contributed by atoms with E-state index in [1.54, 1.807) is 31.3 Å². The number of halogens is 1. The summed E-state index contributed by atoms with van der Waals surface area (Å²) in [6.07, 6.45) is 1.42. The molecule has 0 fully saturated rings. The topological polar surface area (TPSA) is 92.6 Å². The monoisotopic (exact) mass is 363 g/mol. The molecule has 0 unspecified atom stereocenters. The number of carboxylic acids is 1. The molecule has 132 valence electrons. The second-order valence-corrected chi connectivity index (χ2v) is 6.03. The van der Waals surface area contributed by atoms with E-state index in [1.807, 2.05) is 13.8 Å². The Bertz CT molecular complexity index is 778. The van der Waals surface area contributed by atoms with Crippen molar-refractivity contribution in [1.29, 1.82) is 0 Å². The van der Waals surface area contributed by atoms with E-state index in [1.165, 1.54) is 11.1 Å². The number of nitrogens with zero attached hydrogens (tertiary/aromatic N) is 3. The lowest BCUT2D eigenvalue weighted by Gasteiger charge is -2.18. The van der Waals surface area contributed by atoms with Gasteiger partial charge in [-0.1, -0.05) is 25.4 Å². The first-order valence-corrected chi connectivity index (χ1v) is 7.92. The van der Waals surface area contributed by atoms with Crippen LogP contribution in [-0.4, -0.2) is 40.6 Å². The Morgan fingerprint density at radius 3 is 2.48 bits per heavy atom. The summed E-state index contributed by atoms with van der Waals surface area (Å²) in [6.45, 7) is 3.43. The molecule has 7 nitrogen and oxygen atoms in total. The summed E-state index contributed by atoms with van der Waals surface area (Å²) >= 11 is 6.08. The van der Waals surface area contributed by atoms with Crippen molar-refractivity contribution in [3.8, 4) is 5.75 Å². The van der Waals surface area contributed by atoms with Gasteiger partial charge in [0.15, 0.2) is 12.3 Å². The van der Waals surface area contributed by atoms with Crippen LogP contribution in [0.3, 0.4) is 0 Å². The lowest BCUT2D eigenvalue weighted by Crippen LogP contribution is -2.28. The van der Waals surface area contributed by atoms with Crippen LogP contribution in [0.2, 0.25) is 5.02 Å². The highest BCUT2D eigenvalue weighted by atomic mass is 35.5. The van der Waals surface area contributed by atoms with Gasteiger partial charge in [0.25, 0.3) is 5.91 Å². The van der Waals surface area contributed by atoms with Crippen LogP contribution < -0.4 is 9.64 Å².